The Balaban J connectivity index is 2.78. The predicted molar refractivity (Wildman–Crippen MR) is 112 cm³/mol. The first kappa shape index (κ1) is 21.0. The van der Waals surface area contributed by atoms with E-state index in [-0.39, 0.29) is 0 Å². The standard InChI is InChI=1S/C21H37BrSi/c1-4-7-14-23(15-8-5-2,16-9-6-3)17-13-20-11-10-12-21(18-20)19-22/h10-12,18H,4-9,13-17,19H2,1-3H3. The van der Waals surface area contributed by atoms with Gasteiger partial charge in [-0.2, -0.15) is 0 Å². The summed E-state index contributed by atoms with van der Waals surface area (Å²) in [6.45, 7) is 7.08. The molecule has 0 bridgehead atoms. The highest BCUT2D eigenvalue weighted by Crippen LogP contribution is 2.33. The van der Waals surface area contributed by atoms with Gasteiger partial charge in [0, 0.05) is 5.33 Å². The van der Waals surface area contributed by atoms with Gasteiger partial charge in [0.05, 0.1) is 8.07 Å². The molecule has 0 aliphatic heterocycles. The van der Waals surface area contributed by atoms with Crippen molar-refractivity contribution in [1.82, 2.24) is 0 Å². The van der Waals surface area contributed by atoms with Crippen LogP contribution >= 0.6 is 15.9 Å². The minimum absolute atomic E-state index is 0.977. The minimum atomic E-state index is -1.08. The summed E-state index contributed by atoms with van der Waals surface area (Å²) in [4.78, 5) is 0. The van der Waals surface area contributed by atoms with Gasteiger partial charge in [-0.3, -0.25) is 0 Å². The topological polar surface area (TPSA) is 0 Å². The molecule has 0 radical (unpaired) electrons. The summed E-state index contributed by atoms with van der Waals surface area (Å²) in [6, 6.07) is 15.4. The van der Waals surface area contributed by atoms with Crippen LogP contribution in [0.5, 0.6) is 0 Å². The Labute approximate surface area is 154 Å². The zero-order chi connectivity index (χ0) is 17.0. The van der Waals surface area contributed by atoms with E-state index < -0.39 is 8.07 Å². The molecule has 0 unspecified atom stereocenters. The number of unbranched alkanes of at least 4 members (excludes halogenated alkanes) is 3. The molecule has 1 rings (SSSR count). The molecule has 0 saturated heterocycles. The molecule has 1 aromatic rings. The summed E-state index contributed by atoms with van der Waals surface area (Å²) in [7, 11) is -1.08. The summed E-state index contributed by atoms with van der Waals surface area (Å²) in [6.07, 6.45) is 9.79. The highest BCUT2D eigenvalue weighted by Gasteiger charge is 2.30. The highest BCUT2D eigenvalue weighted by molar-refractivity contribution is 9.08. The third-order valence-electron chi connectivity index (χ3n) is 5.27. The van der Waals surface area contributed by atoms with Crippen molar-refractivity contribution in [2.45, 2.75) is 95.2 Å². The average molecular weight is 398 g/mol. The first-order valence-corrected chi connectivity index (χ1v) is 13.8. The van der Waals surface area contributed by atoms with Crippen LogP contribution in [0.15, 0.2) is 24.3 Å². The molecule has 0 fully saturated rings. The normalized spacial score (nSPS) is 11.8. The molecule has 1 aromatic carbocycles. The third-order valence-corrected chi connectivity index (χ3v) is 11.5. The Morgan fingerprint density at radius 2 is 1.30 bits per heavy atom. The Kier molecular flexibility index (Phi) is 11.2. The molecule has 0 nitrogen and oxygen atoms in total. The maximum absolute atomic E-state index is 3.59. The Bertz CT molecular complexity index is 394. The second kappa shape index (κ2) is 12.3. The Morgan fingerprint density at radius 3 is 1.78 bits per heavy atom. The van der Waals surface area contributed by atoms with Crippen LogP contribution in [-0.2, 0) is 11.8 Å². The zero-order valence-corrected chi connectivity index (χ0v) is 18.3. The zero-order valence-electron chi connectivity index (χ0n) is 15.7. The van der Waals surface area contributed by atoms with E-state index in [0.29, 0.717) is 0 Å². The second-order valence-corrected chi connectivity index (χ2v) is 12.8. The lowest BCUT2D eigenvalue weighted by Crippen LogP contribution is -2.34. The molecular weight excluding hydrogens is 360 g/mol. The Morgan fingerprint density at radius 1 is 0.783 bits per heavy atom. The fourth-order valence-corrected chi connectivity index (χ4v) is 9.66. The fraction of sp³-hybridized carbons (Fsp3) is 0.714. The van der Waals surface area contributed by atoms with E-state index in [1.54, 1.807) is 23.7 Å². The van der Waals surface area contributed by atoms with Crippen LogP contribution in [0.3, 0.4) is 0 Å². The van der Waals surface area contributed by atoms with Crippen molar-refractivity contribution in [1.29, 1.82) is 0 Å². The van der Waals surface area contributed by atoms with E-state index in [9.17, 15) is 0 Å². The lowest BCUT2D eigenvalue weighted by Gasteiger charge is -2.32. The fourth-order valence-electron chi connectivity index (χ4n) is 3.68. The monoisotopic (exact) mass is 396 g/mol. The molecule has 2 heteroatoms. The third kappa shape index (κ3) is 8.02. The highest BCUT2D eigenvalue weighted by atomic mass is 79.9. The molecule has 0 aromatic heterocycles. The lowest BCUT2D eigenvalue weighted by atomic mass is 10.1. The van der Waals surface area contributed by atoms with E-state index >= 15 is 0 Å². The van der Waals surface area contributed by atoms with E-state index in [0.717, 1.165) is 5.33 Å². The van der Waals surface area contributed by atoms with Gasteiger partial charge in [-0.05, 0) is 17.5 Å². The van der Waals surface area contributed by atoms with Crippen molar-refractivity contribution in [3.05, 3.63) is 35.4 Å². The molecule has 0 aliphatic carbocycles. The van der Waals surface area contributed by atoms with Gasteiger partial charge < -0.3 is 0 Å². The van der Waals surface area contributed by atoms with Crippen LogP contribution in [0.1, 0.15) is 70.4 Å². The molecule has 0 amide bonds. The molecule has 0 atom stereocenters. The van der Waals surface area contributed by atoms with Crippen molar-refractivity contribution in [2.24, 2.45) is 0 Å². The van der Waals surface area contributed by atoms with Crippen molar-refractivity contribution in [3.8, 4) is 0 Å². The van der Waals surface area contributed by atoms with E-state index in [1.807, 2.05) is 0 Å². The number of hydrogen-bond donors (Lipinski definition) is 0. The number of alkyl halides is 1. The van der Waals surface area contributed by atoms with Gasteiger partial charge in [0.1, 0.15) is 0 Å². The van der Waals surface area contributed by atoms with E-state index in [2.05, 4.69) is 61.0 Å². The van der Waals surface area contributed by atoms with Gasteiger partial charge in [0.2, 0.25) is 0 Å². The largest absolute Gasteiger partial charge is 0.0876 e. The lowest BCUT2D eigenvalue weighted by molar-refractivity contribution is 0.780. The van der Waals surface area contributed by atoms with E-state index in [4.69, 9.17) is 0 Å². The summed E-state index contributed by atoms with van der Waals surface area (Å²) in [5.41, 5.74) is 2.98. The van der Waals surface area contributed by atoms with Crippen molar-refractivity contribution < 1.29 is 0 Å². The number of rotatable bonds is 13. The summed E-state index contributed by atoms with van der Waals surface area (Å²) >= 11 is 3.59. The maximum atomic E-state index is 3.59. The van der Waals surface area contributed by atoms with Gasteiger partial charge in [0.25, 0.3) is 0 Å². The SMILES string of the molecule is CCCC[Si](CCCC)(CCCC)CCc1cccc(CBr)c1. The number of aryl methyl sites for hydroxylation is 1. The van der Waals surface area contributed by atoms with Gasteiger partial charge in [-0.25, -0.2) is 0 Å². The maximum Gasteiger partial charge on any atom is 0.0539 e. The minimum Gasteiger partial charge on any atom is -0.0876 e. The summed E-state index contributed by atoms with van der Waals surface area (Å²) < 4.78 is 0. The molecule has 0 N–H and O–H groups in total. The Hall–Kier alpha value is -0.0831. The van der Waals surface area contributed by atoms with Crippen LogP contribution < -0.4 is 0 Å². The predicted octanol–water partition coefficient (Wildman–Crippen LogP) is 7.97. The average Bonchev–Trinajstić information content (AvgIpc) is 2.60. The molecule has 0 spiro atoms. The number of hydrogen-bond acceptors (Lipinski definition) is 0. The summed E-state index contributed by atoms with van der Waals surface area (Å²) in [5, 5.41) is 0.977. The van der Waals surface area contributed by atoms with Crippen LogP contribution in [0.2, 0.25) is 24.2 Å². The van der Waals surface area contributed by atoms with Gasteiger partial charge >= 0.3 is 0 Å². The van der Waals surface area contributed by atoms with Crippen LogP contribution in [0.25, 0.3) is 0 Å². The van der Waals surface area contributed by atoms with Gasteiger partial charge in [-0.15, -0.1) is 0 Å². The summed E-state index contributed by atoms with van der Waals surface area (Å²) in [5.74, 6) is 0. The number of benzene rings is 1. The smallest absolute Gasteiger partial charge is 0.0539 e. The number of halogens is 1. The molecule has 23 heavy (non-hydrogen) atoms. The van der Waals surface area contributed by atoms with Crippen LogP contribution in [0, 0.1) is 0 Å². The van der Waals surface area contributed by atoms with Gasteiger partial charge in [0.15, 0.2) is 0 Å². The van der Waals surface area contributed by atoms with Crippen molar-refractivity contribution in [2.75, 3.05) is 0 Å². The van der Waals surface area contributed by atoms with Crippen LogP contribution in [0.4, 0.5) is 0 Å². The molecule has 0 aliphatic rings. The molecule has 0 heterocycles. The van der Waals surface area contributed by atoms with Crippen molar-refractivity contribution >= 4 is 24.0 Å². The first-order valence-electron chi connectivity index (χ1n) is 9.83. The second-order valence-electron chi connectivity index (χ2n) is 7.26. The van der Waals surface area contributed by atoms with Gasteiger partial charge in [-0.1, -0.05) is 124 Å². The molecule has 132 valence electrons. The quantitative estimate of drug-likeness (QED) is 0.234. The molecular formula is C21H37BrSi. The van der Waals surface area contributed by atoms with Crippen molar-refractivity contribution in [3.63, 3.8) is 0 Å². The van der Waals surface area contributed by atoms with Crippen LogP contribution in [-0.4, -0.2) is 8.07 Å². The molecule has 0 saturated carbocycles. The van der Waals surface area contributed by atoms with E-state index in [1.165, 1.54) is 56.6 Å². The first-order chi connectivity index (χ1) is 11.2.